The molecular weight excluding hydrogens is 492 g/mol. The third kappa shape index (κ3) is 4.10. The molecule has 6 heterocycles. The van der Waals surface area contributed by atoms with Crippen LogP contribution in [0.3, 0.4) is 0 Å². The Hall–Kier alpha value is -4.82. The predicted molar refractivity (Wildman–Crippen MR) is 151 cm³/mol. The van der Waals surface area contributed by atoms with Crippen LogP contribution in [-0.2, 0) is 6.61 Å². The second kappa shape index (κ2) is 9.24. The first-order valence-corrected chi connectivity index (χ1v) is 13.0. The van der Waals surface area contributed by atoms with E-state index in [2.05, 4.69) is 50.3 Å². The van der Waals surface area contributed by atoms with Crippen LogP contribution in [0, 0.1) is 6.92 Å². The molecular formula is C30H22N6OS. The quantitative estimate of drug-likeness (QED) is 0.245. The number of benzene rings is 1. The van der Waals surface area contributed by atoms with Gasteiger partial charge in [-0.1, -0.05) is 30.3 Å². The van der Waals surface area contributed by atoms with Gasteiger partial charge in [0.2, 0.25) is 0 Å². The Balaban J connectivity index is 1.24. The van der Waals surface area contributed by atoms with Crippen LogP contribution in [0.4, 0.5) is 0 Å². The van der Waals surface area contributed by atoms with Gasteiger partial charge < -0.3 is 9.72 Å². The number of ether oxygens (including phenoxy) is 1. The molecule has 0 aliphatic rings. The number of nitrogens with one attached hydrogen (secondary N) is 2. The zero-order valence-electron chi connectivity index (χ0n) is 20.5. The number of nitrogens with zero attached hydrogens (tertiary/aromatic N) is 4. The Bertz CT molecular complexity index is 1900. The highest BCUT2D eigenvalue weighted by atomic mass is 32.1. The van der Waals surface area contributed by atoms with Crippen molar-refractivity contribution in [2.45, 2.75) is 13.5 Å². The van der Waals surface area contributed by atoms with Gasteiger partial charge in [0, 0.05) is 38.7 Å². The van der Waals surface area contributed by atoms with Crippen LogP contribution in [0.2, 0.25) is 0 Å². The van der Waals surface area contributed by atoms with Gasteiger partial charge in [0.1, 0.15) is 23.6 Å². The summed E-state index contributed by atoms with van der Waals surface area (Å²) in [5.74, 6) is 0.695. The van der Waals surface area contributed by atoms with Crippen LogP contribution >= 0.6 is 11.3 Å². The van der Waals surface area contributed by atoms with Crippen LogP contribution < -0.4 is 4.74 Å². The lowest BCUT2D eigenvalue weighted by atomic mass is 10.1. The highest BCUT2D eigenvalue weighted by Gasteiger charge is 2.16. The zero-order valence-corrected chi connectivity index (χ0v) is 21.3. The van der Waals surface area contributed by atoms with Crippen molar-refractivity contribution in [3.63, 3.8) is 0 Å². The lowest BCUT2D eigenvalue weighted by Gasteiger charge is -2.08. The minimum Gasteiger partial charge on any atom is -0.487 e. The fourth-order valence-corrected chi connectivity index (χ4v) is 5.47. The third-order valence-corrected chi connectivity index (χ3v) is 7.51. The lowest BCUT2D eigenvalue weighted by Crippen LogP contribution is -1.96. The first kappa shape index (κ1) is 22.4. The van der Waals surface area contributed by atoms with E-state index in [-0.39, 0.29) is 0 Å². The normalized spacial score (nSPS) is 11.4. The van der Waals surface area contributed by atoms with E-state index in [1.54, 1.807) is 23.7 Å². The van der Waals surface area contributed by atoms with Gasteiger partial charge in [-0.2, -0.15) is 5.10 Å². The number of rotatable bonds is 6. The van der Waals surface area contributed by atoms with Crippen molar-refractivity contribution in [2.24, 2.45) is 0 Å². The molecule has 0 aliphatic carbocycles. The van der Waals surface area contributed by atoms with Crippen molar-refractivity contribution in [2.75, 3.05) is 0 Å². The molecule has 8 heteroatoms. The van der Waals surface area contributed by atoms with Crippen molar-refractivity contribution in [1.29, 1.82) is 0 Å². The van der Waals surface area contributed by atoms with Gasteiger partial charge in [0.25, 0.3) is 0 Å². The molecule has 6 aromatic heterocycles. The van der Waals surface area contributed by atoms with Gasteiger partial charge in [-0.25, -0.2) is 4.98 Å². The highest BCUT2D eigenvalue weighted by molar-refractivity contribution is 7.15. The van der Waals surface area contributed by atoms with Gasteiger partial charge in [0.15, 0.2) is 0 Å². The van der Waals surface area contributed by atoms with Gasteiger partial charge in [-0.05, 0) is 48.9 Å². The van der Waals surface area contributed by atoms with Crippen molar-refractivity contribution < 1.29 is 4.74 Å². The summed E-state index contributed by atoms with van der Waals surface area (Å²) in [6.45, 7) is 2.59. The summed E-state index contributed by atoms with van der Waals surface area (Å²) >= 11 is 1.76. The lowest BCUT2D eigenvalue weighted by molar-refractivity contribution is 0.305. The molecule has 0 unspecified atom stereocenters. The van der Waals surface area contributed by atoms with Crippen LogP contribution in [0.15, 0.2) is 91.5 Å². The molecule has 184 valence electrons. The third-order valence-electron chi connectivity index (χ3n) is 6.47. The van der Waals surface area contributed by atoms with Gasteiger partial charge in [0.05, 0.1) is 34.8 Å². The number of aromatic amines is 2. The number of hydrogen-bond donors (Lipinski definition) is 2. The number of fused-ring (bicyclic) bond motifs is 2. The minimum atomic E-state index is 0.479. The summed E-state index contributed by atoms with van der Waals surface area (Å²) in [6.07, 6.45) is 7.29. The predicted octanol–water partition coefficient (Wildman–Crippen LogP) is 7.18. The van der Waals surface area contributed by atoms with Gasteiger partial charge in [-0.3, -0.25) is 15.1 Å². The van der Waals surface area contributed by atoms with E-state index in [9.17, 15) is 0 Å². The van der Waals surface area contributed by atoms with Crippen LogP contribution in [-0.4, -0.2) is 30.1 Å². The molecule has 0 bridgehead atoms. The van der Waals surface area contributed by atoms with E-state index in [0.29, 0.717) is 12.4 Å². The number of H-pyrrole nitrogens is 2. The summed E-state index contributed by atoms with van der Waals surface area (Å²) < 4.78 is 5.98. The molecule has 0 spiro atoms. The second-order valence-electron chi connectivity index (χ2n) is 9.09. The Morgan fingerprint density at radius 2 is 1.76 bits per heavy atom. The van der Waals surface area contributed by atoms with Crippen LogP contribution in [0.25, 0.3) is 55.0 Å². The fraction of sp³-hybridized carbons (Fsp3) is 0.0667. The Kier molecular flexibility index (Phi) is 5.44. The van der Waals surface area contributed by atoms with E-state index < -0.39 is 0 Å². The fourth-order valence-electron chi connectivity index (χ4n) is 4.58. The minimum absolute atomic E-state index is 0.479. The number of hydrogen-bond acceptors (Lipinski definition) is 6. The smallest absolute Gasteiger partial charge is 0.138 e. The molecule has 0 amide bonds. The monoisotopic (exact) mass is 514 g/mol. The summed E-state index contributed by atoms with van der Waals surface area (Å²) in [5.41, 5.74) is 8.13. The van der Waals surface area contributed by atoms with E-state index in [0.717, 1.165) is 55.7 Å². The molecule has 0 saturated heterocycles. The molecule has 7 nitrogen and oxygen atoms in total. The average molecular weight is 515 g/mol. The highest BCUT2D eigenvalue weighted by Crippen LogP contribution is 2.36. The summed E-state index contributed by atoms with van der Waals surface area (Å²) in [5, 5.41) is 8.84. The van der Waals surface area contributed by atoms with Crippen molar-refractivity contribution in [3.05, 3.63) is 102 Å². The molecule has 0 atom stereocenters. The van der Waals surface area contributed by atoms with Crippen molar-refractivity contribution in [3.8, 4) is 38.8 Å². The molecule has 38 heavy (non-hydrogen) atoms. The van der Waals surface area contributed by atoms with Gasteiger partial charge >= 0.3 is 0 Å². The maximum atomic E-state index is 5.98. The molecule has 7 aromatic rings. The van der Waals surface area contributed by atoms with E-state index >= 15 is 0 Å². The first-order chi connectivity index (χ1) is 18.7. The zero-order chi connectivity index (χ0) is 25.5. The number of aromatic nitrogens is 6. The largest absolute Gasteiger partial charge is 0.487 e. The molecule has 2 N–H and O–H groups in total. The summed E-state index contributed by atoms with van der Waals surface area (Å²) in [4.78, 5) is 19.8. The van der Waals surface area contributed by atoms with Gasteiger partial charge in [-0.15, -0.1) is 11.3 Å². The van der Waals surface area contributed by atoms with E-state index in [1.807, 2.05) is 60.9 Å². The molecule has 0 saturated carbocycles. The van der Waals surface area contributed by atoms with E-state index in [4.69, 9.17) is 9.72 Å². The maximum absolute atomic E-state index is 5.98. The maximum Gasteiger partial charge on any atom is 0.138 e. The molecule has 0 aliphatic heterocycles. The topological polar surface area (TPSA) is 92.4 Å². The molecule has 1 aromatic carbocycles. The standard InChI is InChI=1S/C30H22N6OS/c1-18-7-10-28(38-18)23-15-32-16-27-22(23)12-26(33-27)30-29-25(35-36-30)9-8-24(34-29)20-11-21(14-31-13-20)37-17-19-5-3-2-4-6-19/h2-16,33H,17H2,1H3,(H,35,36). The number of pyridine rings is 3. The Labute approximate surface area is 222 Å². The Morgan fingerprint density at radius 3 is 2.63 bits per heavy atom. The summed E-state index contributed by atoms with van der Waals surface area (Å²) in [6, 6.07) is 22.4. The Morgan fingerprint density at radius 1 is 0.868 bits per heavy atom. The second-order valence-corrected chi connectivity index (χ2v) is 10.4. The van der Waals surface area contributed by atoms with Crippen molar-refractivity contribution in [1.82, 2.24) is 30.1 Å². The van der Waals surface area contributed by atoms with Crippen molar-refractivity contribution >= 4 is 33.3 Å². The molecule has 0 fully saturated rings. The molecule has 0 radical (unpaired) electrons. The first-order valence-electron chi connectivity index (χ1n) is 12.2. The van der Waals surface area contributed by atoms with Crippen LogP contribution in [0.5, 0.6) is 5.75 Å². The average Bonchev–Trinajstić information content (AvgIpc) is 3.70. The SMILES string of the molecule is Cc1ccc(-c2cncc3[nH]c(-c4n[nH]c5ccc(-c6cncc(OCc7ccccc7)c6)nc45)cc23)s1. The summed E-state index contributed by atoms with van der Waals surface area (Å²) in [7, 11) is 0. The molecule has 7 rings (SSSR count). The number of aryl methyl sites for hydroxylation is 1. The van der Waals surface area contributed by atoms with Crippen LogP contribution in [0.1, 0.15) is 10.4 Å². The number of thiophene rings is 1. The van der Waals surface area contributed by atoms with E-state index in [1.165, 1.54) is 9.75 Å².